The van der Waals surface area contributed by atoms with Gasteiger partial charge in [0.25, 0.3) is 5.91 Å². The van der Waals surface area contributed by atoms with E-state index in [4.69, 9.17) is 4.74 Å². The Morgan fingerprint density at radius 2 is 2.08 bits per heavy atom. The number of carbonyl (C=O) groups excluding carboxylic acids is 2. The van der Waals surface area contributed by atoms with Crippen molar-refractivity contribution in [2.75, 3.05) is 39.2 Å². The minimum Gasteiger partial charge on any atom is -0.489 e. The summed E-state index contributed by atoms with van der Waals surface area (Å²) in [6.07, 6.45) is 0.248. The Balaban J connectivity index is 2.09. The van der Waals surface area contributed by atoms with Gasteiger partial charge in [0.2, 0.25) is 5.91 Å². The minimum absolute atomic E-state index is 0.0822. The third-order valence-electron chi connectivity index (χ3n) is 4.11. The van der Waals surface area contributed by atoms with Gasteiger partial charge in [0, 0.05) is 33.3 Å². The summed E-state index contributed by atoms with van der Waals surface area (Å²) >= 11 is 0. The summed E-state index contributed by atoms with van der Waals surface area (Å²) < 4.78 is 5.75. The van der Waals surface area contributed by atoms with Crippen LogP contribution in [0.5, 0.6) is 5.75 Å². The first-order chi connectivity index (χ1) is 11.6. The lowest BCUT2D eigenvalue weighted by Gasteiger charge is -2.36. The molecule has 0 aliphatic carbocycles. The van der Waals surface area contributed by atoms with Gasteiger partial charge in [-0.1, -0.05) is 0 Å². The number of nitrogens with zero attached hydrogens (tertiary/aromatic N) is 2. The van der Waals surface area contributed by atoms with Crippen LogP contribution < -0.4 is 15.0 Å². The predicted molar refractivity (Wildman–Crippen MR) is 96.1 cm³/mol. The summed E-state index contributed by atoms with van der Waals surface area (Å²) in [5, 5.41) is 12.4. The zero-order valence-corrected chi connectivity index (χ0v) is 15.5. The molecule has 1 aliphatic heterocycles. The topological polar surface area (TPSA) is 82.1 Å². The summed E-state index contributed by atoms with van der Waals surface area (Å²) in [5.74, 6) is 0.471. The first-order valence-electron chi connectivity index (χ1n) is 8.29. The molecule has 0 saturated heterocycles. The highest BCUT2D eigenvalue weighted by Crippen LogP contribution is 2.34. The van der Waals surface area contributed by atoms with E-state index in [1.165, 1.54) is 4.90 Å². The molecule has 1 heterocycles. The Kier molecular flexibility index (Phi) is 5.57. The van der Waals surface area contributed by atoms with Gasteiger partial charge in [0.05, 0.1) is 23.8 Å². The molecule has 0 unspecified atom stereocenters. The maximum absolute atomic E-state index is 12.2. The standard InChI is InChI=1S/C18H27N3O4/c1-18(2,24)11-19-16(22)9-13-10-25-15-7-6-12(17(23)20(3)4)8-14(15)21(13)5/h6-8,13,24H,9-11H2,1-5H3,(H,19,22)/t13-/m1/s1. The van der Waals surface area contributed by atoms with E-state index in [1.54, 1.807) is 46.1 Å². The minimum atomic E-state index is -0.946. The number of anilines is 1. The van der Waals surface area contributed by atoms with Gasteiger partial charge in [-0.3, -0.25) is 9.59 Å². The molecular formula is C18H27N3O4. The van der Waals surface area contributed by atoms with Gasteiger partial charge < -0.3 is 25.0 Å². The molecule has 7 heteroatoms. The van der Waals surface area contributed by atoms with Crippen molar-refractivity contribution < 1.29 is 19.4 Å². The Labute approximate surface area is 148 Å². The zero-order valence-electron chi connectivity index (χ0n) is 15.5. The van der Waals surface area contributed by atoms with Gasteiger partial charge >= 0.3 is 0 Å². The van der Waals surface area contributed by atoms with Crippen LogP contribution in [0.3, 0.4) is 0 Å². The number of benzene rings is 1. The maximum atomic E-state index is 12.2. The number of carbonyl (C=O) groups is 2. The van der Waals surface area contributed by atoms with Crippen molar-refractivity contribution in [3.05, 3.63) is 23.8 Å². The number of hydrogen-bond donors (Lipinski definition) is 2. The first kappa shape index (κ1) is 19.1. The molecule has 138 valence electrons. The van der Waals surface area contributed by atoms with Crippen molar-refractivity contribution in [2.45, 2.75) is 31.9 Å². The van der Waals surface area contributed by atoms with E-state index in [0.717, 1.165) is 5.69 Å². The van der Waals surface area contributed by atoms with Crippen LogP contribution >= 0.6 is 0 Å². The normalized spacial score (nSPS) is 16.7. The van der Waals surface area contributed by atoms with Crippen molar-refractivity contribution in [1.82, 2.24) is 10.2 Å². The predicted octanol–water partition coefficient (Wildman–Crippen LogP) is 0.863. The number of nitrogens with one attached hydrogen (secondary N) is 1. The lowest BCUT2D eigenvalue weighted by molar-refractivity contribution is -0.122. The number of likely N-dealkylation sites (N-methyl/N-ethyl adjacent to an activating group) is 1. The lowest BCUT2D eigenvalue weighted by Crippen LogP contribution is -2.45. The molecule has 1 aromatic rings. The maximum Gasteiger partial charge on any atom is 0.253 e. The van der Waals surface area contributed by atoms with Crippen LogP contribution in [0.4, 0.5) is 5.69 Å². The second kappa shape index (κ2) is 7.31. The highest BCUT2D eigenvalue weighted by Gasteiger charge is 2.28. The van der Waals surface area contributed by atoms with E-state index in [9.17, 15) is 14.7 Å². The van der Waals surface area contributed by atoms with Crippen LogP contribution in [-0.4, -0.2) is 67.8 Å². The van der Waals surface area contributed by atoms with Crippen molar-refractivity contribution in [3.8, 4) is 5.75 Å². The average Bonchev–Trinajstić information content (AvgIpc) is 2.54. The third kappa shape index (κ3) is 4.85. The fraction of sp³-hybridized carbons (Fsp3) is 0.556. The summed E-state index contributed by atoms with van der Waals surface area (Å²) in [6.45, 7) is 3.87. The Bertz CT molecular complexity index is 652. The Hall–Kier alpha value is -2.28. The van der Waals surface area contributed by atoms with E-state index in [1.807, 2.05) is 11.9 Å². The average molecular weight is 349 g/mol. The molecule has 0 radical (unpaired) electrons. The molecule has 1 aromatic carbocycles. The van der Waals surface area contributed by atoms with Gasteiger partial charge in [-0.05, 0) is 32.0 Å². The molecule has 0 saturated carbocycles. The second-order valence-electron chi connectivity index (χ2n) is 7.25. The molecule has 2 amide bonds. The molecule has 7 nitrogen and oxygen atoms in total. The van der Waals surface area contributed by atoms with E-state index in [2.05, 4.69) is 5.32 Å². The van der Waals surface area contributed by atoms with Crippen LogP contribution in [0.2, 0.25) is 0 Å². The molecule has 0 bridgehead atoms. The number of aliphatic hydroxyl groups is 1. The summed E-state index contributed by atoms with van der Waals surface area (Å²) in [4.78, 5) is 27.8. The largest absolute Gasteiger partial charge is 0.489 e. The third-order valence-corrected chi connectivity index (χ3v) is 4.11. The monoisotopic (exact) mass is 349 g/mol. The number of rotatable bonds is 5. The Morgan fingerprint density at radius 1 is 1.40 bits per heavy atom. The molecule has 1 atom stereocenters. The fourth-order valence-corrected chi connectivity index (χ4v) is 2.60. The molecule has 0 aromatic heterocycles. The molecule has 25 heavy (non-hydrogen) atoms. The quantitative estimate of drug-likeness (QED) is 0.824. The van der Waals surface area contributed by atoms with Gasteiger partial charge in [-0.25, -0.2) is 0 Å². The van der Waals surface area contributed by atoms with Crippen LogP contribution in [0, 0.1) is 0 Å². The van der Waals surface area contributed by atoms with Crippen molar-refractivity contribution in [2.24, 2.45) is 0 Å². The highest BCUT2D eigenvalue weighted by atomic mass is 16.5. The van der Waals surface area contributed by atoms with Crippen LogP contribution in [0.15, 0.2) is 18.2 Å². The Morgan fingerprint density at radius 3 is 2.68 bits per heavy atom. The van der Waals surface area contributed by atoms with Crippen molar-refractivity contribution >= 4 is 17.5 Å². The van der Waals surface area contributed by atoms with Gasteiger partial charge in [0.1, 0.15) is 12.4 Å². The number of ether oxygens (including phenoxy) is 1. The number of hydrogen-bond acceptors (Lipinski definition) is 5. The van der Waals surface area contributed by atoms with Gasteiger partial charge in [0.15, 0.2) is 0 Å². The van der Waals surface area contributed by atoms with Crippen LogP contribution in [0.1, 0.15) is 30.6 Å². The van der Waals surface area contributed by atoms with Gasteiger partial charge in [-0.15, -0.1) is 0 Å². The lowest BCUT2D eigenvalue weighted by atomic mass is 10.1. The molecule has 2 rings (SSSR count). The zero-order chi connectivity index (χ0) is 18.8. The smallest absolute Gasteiger partial charge is 0.253 e. The second-order valence-corrected chi connectivity index (χ2v) is 7.25. The summed E-state index contributed by atoms with van der Waals surface area (Å²) in [6, 6.07) is 5.18. The van der Waals surface area contributed by atoms with Crippen molar-refractivity contribution in [3.63, 3.8) is 0 Å². The molecule has 0 spiro atoms. The van der Waals surface area contributed by atoms with E-state index < -0.39 is 5.60 Å². The van der Waals surface area contributed by atoms with Gasteiger partial charge in [-0.2, -0.15) is 0 Å². The van der Waals surface area contributed by atoms with E-state index >= 15 is 0 Å². The molecule has 2 N–H and O–H groups in total. The van der Waals surface area contributed by atoms with E-state index in [0.29, 0.717) is 17.9 Å². The summed E-state index contributed by atoms with van der Waals surface area (Å²) in [7, 11) is 5.30. The first-order valence-corrected chi connectivity index (χ1v) is 8.29. The fourth-order valence-electron chi connectivity index (χ4n) is 2.60. The van der Waals surface area contributed by atoms with E-state index in [-0.39, 0.29) is 30.8 Å². The van der Waals surface area contributed by atoms with Crippen molar-refractivity contribution in [1.29, 1.82) is 0 Å². The number of fused-ring (bicyclic) bond motifs is 1. The summed E-state index contributed by atoms with van der Waals surface area (Å²) in [5.41, 5.74) is 0.421. The van der Waals surface area contributed by atoms with Crippen LogP contribution in [0.25, 0.3) is 0 Å². The number of amides is 2. The molecule has 0 fully saturated rings. The molecular weight excluding hydrogens is 322 g/mol. The van der Waals surface area contributed by atoms with Crippen LogP contribution in [-0.2, 0) is 4.79 Å². The molecule has 1 aliphatic rings. The highest BCUT2D eigenvalue weighted by molar-refractivity contribution is 5.95. The SMILES string of the molecule is CN(C)C(=O)c1ccc2c(c1)N(C)[C@H](CC(=O)NCC(C)(C)O)CO2.